The topological polar surface area (TPSA) is 90.8 Å². The first-order valence-electron chi connectivity index (χ1n) is 12.1. The maximum Gasteiger partial charge on any atom is 0.240 e. The fourth-order valence-electron chi connectivity index (χ4n) is 5.68. The lowest BCUT2D eigenvalue weighted by Gasteiger charge is -2.28. The summed E-state index contributed by atoms with van der Waals surface area (Å²) in [5.41, 5.74) is 2.64. The molecule has 184 valence electrons. The summed E-state index contributed by atoms with van der Waals surface area (Å²) >= 11 is 0. The van der Waals surface area contributed by atoms with E-state index in [9.17, 15) is 13.5 Å². The zero-order valence-electron chi connectivity index (χ0n) is 19.3. The minimum atomic E-state index is -3.42. The van der Waals surface area contributed by atoms with Crippen molar-refractivity contribution in [3.8, 4) is 5.75 Å². The van der Waals surface area contributed by atoms with Gasteiger partial charge in [-0.2, -0.15) is 0 Å². The summed E-state index contributed by atoms with van der Waals surface area (Å²) in [6.07, 6.45) is 7.34. The first kappa shape index (κ1) is 25.0. The lowest BCUT2D eigenvalue weighted by molar-refractivity contribution is 0.280. The van der Waals surface area contributed by atoms with E-state index in [0.29, 0.717) is 41.0 Å². The zero-order valence-corrected chi connectivity index (χ0v) is 21.0. The van der Waals surface area contributed by atoms with Crippen LogP contribution < -0.4 is 10.0 Å². The van der Waals surface area contributed by atoms with Crippen molar-refractivity contribution in [2.24, 2.45) is 16.8 Å². The van der Waals surface area contributed by atoms with Crippen LogP contribution >= 0.6 is 12.4 Å². The number of nitrogens with one attached hydrogen (secondary N) is 2. The molecule has 0 bridgehead atoms. The first-order chi connectivity index (χ1) is 16.0. The van der Waals surface area contributed by atoms with Crippen LogP contribution in [0.4, 0.5) is 0 Å². The molecule has 2 aliphatic carbocycles. The molecule has 1 heterocycles. The largest absolute Gasteiger partial charge is 0.508 e. The number of phenolic OH excluding ortho intramolecular Hbond substituents is 1. The molecule has 0 amide bonds. The second kappa shape index (κ2) is 10.7. The highest BCUT2D eigenvalue weighted by Crippen LogP contribution is 2.39. The minimum absolute atomic E-state index is 0. The summed E-state index contributed by atoms with van der Waals surface area (Å²) in [7, 11) is -3.42. The second-order valence-corrected chi connectivity index (χ2v) is 11.6. The van der Waals surface area contributed by atoms with Crippen molar-refractivity contribution in [1.29, 1.82) is 0 Å². The third kappa shape index (κ3) is 5.58. The van der Waals surface area contributed by atoms with Gasteiger partial charge in [-0.1, -0.05) is 24.3 Å². The first-order valence-corrected chi connectivity index (χ1v) is 13.6. The normalized spacial score (nSPS) is 27.4. The summed E-state index contributed by atoms with van der Waals surface area (Å²) < 4.78 is 27.7. The van der Waals surface area contributed by atoms with Crippen LogP contribution in [-0.2, 0) is 16.4 Å². The molecule has 2 atom stereocenters. The molecule has 0 aromatic heterocycles. The van der Waals surface area contributed by atoms with Crippen LogP contribution in [0.1, 0.15) is 55.6 Å². The molecule has 8 heteroatoms. The fraction of sp³-hybridized carbons (Fsp3) is 0.500. The lowest BCUT2D eigenvalue weighted by atomic mass is 9.80. The molecular formula is C26H34ClN3O3S. The Hall–Kier alpha value is -2.09. The Morgan fingerprint density at radius 2 is 1.74 bits per heavy atom. The zero-order chi connectivity index (χ0) is 22.8. The van der Waals surface area contributed by atoms with Gasteiger partial charge in [0, 0.05) is 31.5 Å². The third-order valence-electron chi connectivity index (χ3n) is 7.62. The number of aryl methyl sites for hydroxylation is 1. The number of halogens is 1. The summed E-state index contributed by atoms with van der Waals surface area (Å²) in [6.45, 7) is 1.37. The molecule has 0 radical (unpaired) electrons. The molecule has 0 unspecified atom stereocenters. The Morgan fingerprint density at radius 3 is 2.50 bits per heavy atom. The van der Waals surface area contributed by atoms with Gasteiger partial charge in [-0.15, -0.1) is 12.4 Å². The quantitative estimate of drug-likeness (QED) is 0.545. The van der Waals surface area contributed by atoms with Crippen molar-refractivity contribution in [1.82, 2.24) is 10.0 Å². The average Bonchev–Trinajstić information content (AvgIpc) is 3.26. The van der Waals surface area contributed by atoms with Crippen molar-refractivity contribution in [2.75, 3.05) is 13.1 Å². The molecule has 5 rings (SSSR count). The van der Waals surface area contributed by atoms with Crippen LogP contribution in [0, 0.1) is 11.8 Å². The number of aliphatic imine (C=N–C) groups is 1. The molecule has 0 spiro atoms. The SMILES string of the molecule is Cl.O=S(=O)(NCC1CCC(CN=C2C[C@H]3c4ccc(O)cc4CC[C@H]3N2)CC1)c1ccccc1. The van der Waals surface area contributed by atoms with Crippen molar-refractivity contribution in [3.63, 3.8) is 0 Å². The predicted molar refractivity (Wildman–Crippen MR) is 137 cm³/mol. The molecule has 2 aromatic carbocycles. The van der Waals surface area contributed by atoms with Crippen LogP contribution in [-0.4, -0.2) is 38.5 Å². The number of aromatic hydroxyl groups is 1. The molecule has 6 nitrogen and oxygen atoms in total. The van der Waals surface area contributed by atoms with Crippen LogP contribution in [0.5, 0.6) is 5.75 Å². The van der Waals surface area contributed by atoms with Gasteiger partial charge in [-0.05, 0) is 85.8 Å². The van der Waals surface area contributed by atoms with E-state index < -0.39 is 10.0 Å². The number of hydrogen-bond acceptors (Lipinski definition) is 4. The molecule has 2 aromatic rings. The third-order valence-corrected chi connectivity index (χ3v) is 9.06. The monoisotopic (exact) mass is 503 g/mol. The fourth-order valence-corrected chi connectivity index (χ4v) is 6.82. The molecular weight excluding hydrogens is 470 g/mol. The van der Waals surface area contributed by atoms with Crippen molar-refractivity contribution in [2.45, 2.75) is 61.8 Å². The van der Waals surface area contributed by atoms with E-state index in [1.807, 2.05) is 12.1 Å². The number of hydrogen-bond donors (Lipinski definition) is 3. The van der Waals surface area contributed by atoms with E-state index >= 15 is 0 Å². The van der Waals surface area contributed by atoms with E-state index in [4.69, 9.17) is 4.99 Å². The minimum Gasteiger partial charge on any atom is -0.508 e. The number of phenols is 1. The van der Waals surface area contributed by atoms with Gasteiger partial charge < -0.3 is 10.4 Å². The molecule has 1 saturated heterocycles. The van der Waals surface area contributed by atoms with E-state index in [1.165, 1.54) is 11.1 Å². The van der Waals surface area contributed by atoms with Gasteiger partial charge in [-0.25, -0.2) is 13.1 Å². The molecule has 34 heavy (non-hydrogen) atoms. The van der Waals surface area contributed by atoms with Crippen molar-refractivity contribution >= 4 is 28.3 Å². The van der Waals surface area contributed by atoms with Gasteiger partial charge in [0.15, 0.2) is 0 Å². The van der Waals surface area contributed by atoms with E-state index in [1.54, 1.807) is 30.3 Å². The van der Waals surface area contributed by atoms with Crippen LogP contribution in [0.15, 0.2) is 58.4 Å². The van der Waals surface area contributed by atoms with Crippen molar-refractivity contribution < 1.29 is 13.5 Å². The van der Waals surface area contributed by atoms with E-state index in [0.717, 1.165) is 57.3 Å². The summed E-state index contributed by atoms with van der Waals surface area (Å²) in [6, 6.07) is 14.8. The summed E-state index contributed by atoms with van der Waals surface area (Å²) in [4.78, 5) is 5.29. The van der Waals surface area contributed by atoms with Gasteiger partial charge >= 0.3 is 0 Å². The highest BCUT2D eigenvalue weighted by Gasteiger charge is 2.36. The molecule has 3 aliphatic rings. The summed E-state index contributed by atoms with van der Waals surface area (Å²) in [5, 5.41) is 13.4. The Kier molecular flexibility index (Phi) is 7.85. The highest BCUT2D eigenvalue weighted by molar-refractivity contribution is 7.89. The van der Waals surface area contributed by atoms with Gasteiger partial charge in [0.05, 0.1) is 10.7 Å². The summed E-state index contributed by atoms with van der Waals surface area (Å²) in [5.74, 6) is 2.92. The molecule has 1 saturated carbocycles. The Morgan fingerprint density at radius 1 is 1.00 bits per heavy atom. The van der Waals surface area contributed by atoms with Gasteiger partial charge in [0.1, 0.15) is 5.75 Å². The Labute approximate surface area is 208 Å². The number of nitrogens with zero attached hydrogens (tertiary/aromatic N) is 1. The molecule has 3 N–H and O–H groups in total. The Bertz CT molecular complexity index is 1120. The van der Waals surface area contributed by atoms with Crippen LogP contribution in [0.25, 0.3) is 0 Å². The highest BCUT2D eigenvalue weighted by atomic mass is 35.5. The van der Waals surface area contributed by atoms with Gasteiger partial charge in [0.2, 0.25) is 10.0 Å². The van der Waals surface area contributed by atoms with E-state index in [-0.39, 0.29) is 12.4 Å². The van der Waals surface area contributed by atoms with Crippen molar-refractivity contribution in [3.05, 3.63) is 59.7 Å². The number of rotatable bonds is 6. The van der Waals surface area contributed by atoms with Gasteiger partial charge in [-0.3, -0.25) is 4.99 Å². The van der Waals surface area contributed by atoms with Gasteiger partial charge in [0.25, 0.3) is 0 Å². The Balaban J connectivity index is 0.00000274. The standard InChI is InChI=1S/C26H33N3O3S.ClH/c30-21-11-12-23-20(14-21)10-13-25-24(23)15-26(29-25)27-16-18-6-8-19(9-7-18)17-28-33(31,32)22-4-2-1-3-5-22;/h1-5,11-12,14,18-19,24-25,28,30H,6-10,13,15-17H2,(H,27,29);1H/t18?,19?,24-,25+;/m0./s1. The second-order valence-electron chi connectivity index (χ2n) is 9.82. The lowest BCUT2D eigenvalue weighted by Crippen LogP contribution is -2.32. The van der Waals surface area contributed by atoms with E-state index in [2.05, 4.69) is 16.1 Å². The molecule has 1 aliphatic heterocycles. The average molecular weight is 504 g/mol. The van der Waals surface area contributed by atoms with Crippen LogP contribution in [0.2, 0.25) is 0 Å². The predicted octanol–water partition coefficient (Wildman–Crippen LogP) is 4.39. The van der Waals surface area contributed by atoms with Crippen LogP contribution in [0.3, 0.4) is 0 Å². The number of fused-ring (bicyclic) bond motifs is 3. The maximum absolute atomic E-state index is 12.4. The number of sulfonamides is 1. The number of benzene rings is 2. The number of amidine groups is 1. The molecule has 2 fully saturated rings. The maximum atomic E-state index is 12.4. The smallest absolute Gasteiger partial charge is 0.240 e.